The zero-order valence-corrected chi connectivity index (χ0v) is 16.9. The second-order valence-electron chi connectivity index (χ2n) is 7.04. The van der Waals surface area contributed by atoms with Gasteiger partial charge >= 0.3 is 0 Å². The van der Waals surface area contributed by atoms with Crippen molar-refractivity contribution in [1.82, 2.24) is 15.1 Å². The number of nitrogens with zero attached hydrogens (tertiary/aromatic N) is 3. The van der Waals surface area contributed by atoms with Gasteiger partial charge in [-0.2, -0.15) is 0 Å². The van der Waals surface area contributed by atoms with Gasteiger partial charge in [-0.25, -0.2) is 0 Å². The van der Waals surface area contributed by atoms with Crippen LogP contribution in [0.1, 0.15) is 53.0 Å². The van der Waals surface area contributed by atoms with Gasteiger partial charge in [-0.1, -0.05) is 36.0 Å². The Morgan fingerprint density at radius 3 is 2.81 bits per heavy atom. The number of anilines is 1. The Balaban J connectivity index is 1.57. The lowest BCUT2D eigenvalue weighted by atomic mass is 10.1. The van der Waals surface area contributed by atoms with E-state index in [0.717, 1.165) is 48.8 Å². The van der Waals surface area contributed by atoms with E-state index in [9.17, 15) is 4.79 Å². The van der Waals surface area contributed by atoms with E-state index < -0.39 is 0 Å². The standard InChI is InChI=1S/C20H28N4O2S/c1-3-11-24(13-17-6-4-5-12-26-17)14-18-22-23-20(27-18)19(25)21-16-9-7-15(2)8-10-16/h7-10,17H,3-6,11-14H2,1-2H3,(H,21,25)/t17-/m1/s1. The maximum atomic E-state index is 12.4. The largest absolute Gasteiger partial charge is 0.377 e. The van der Waals surface area contributed by atoms with Gasteiger partial charge in [0.1, 0.15) is 5.01 Å². The van der Waals surface area contributed by atoms with Crippen molar-refractivity contribution in [2.75, 3.05) is 25.0 Å². The lowest BCUT2D eigenvalue weighted by Gasteiger charge is -2.29. The fraction of sp³-hybridized carbons (Fsp3) is 0.550. The smallest absolute Gasteiger partial charge is 0.286 e. The number of aryl methyl sites for hydroxylation is 1. The first-order valence-electron chi connectivity index (χ1n) is 9.68. The average Bonchev–Trinajstić information content (AvgIpc) is 3.13. The van der Waals surface area contributed by atoms with Crippen LogP contribution in [0.25, 0.3) is 0 Å². The molecule has 1 N–H and O–H groups in total. The molecule has 1 aromatic heterocycles. The van der Waals surface area contributed by atoms with Crippen molar-refractivity contribution in [3.63, 3.8) is 0 Å². The monoisotopic (exact) mass is 388 g/mol. The van der Waals surface area contributed by atoms with Crippen LogP contribution in [-0.2, 0) is 11.3 Å². The molecule has 0 saturated carbocycles. The molecule has 146 valence electrons. The highest BCUT2D eigenvalue weighted by Crippen LogP contribution is 2.18. The van der Waals surface area contributed by atoms with Crippen molar-refractivity contribution in [3.8, 4) is 0 Å². The third-order valence-electron chi connectivity index (χ3n) is 4.61. The molecule has 0 aliphatic carbocycles. The van der Waals surface area contributed by atoms with Crippen LogP contribution < -0.4 is 5.32 Å². The Morgan fingerprint density at radius 1 is 1.30 bits per heavy atom. The van der Waals surface area contributed by atoms with E-state index in [2.05, 4.69) is 27.3 Å². The van der Waals surface area contributed by atoms with Crippen LogP contribution in [0.2, 0.25) is 0 Å². The molecule has 0 unspecified atom stereocenters. The Labute approximate surface area is 164 Å². The fourth-order valence-corrected chi connectivity index (χ4v) is 3.99. The Hall–Kier alpha value is -1.83. The van der Waals surface area contributed by atoms with E-state index in [1.807, 2.05) is 31.2 Å². The third kappa shape index (κ3) is 6.09. The van der Waals surface area contributed by atoms with E-state index in [1.165, 1.54) is 24.2 Å². The molecule has 1 fully saturated rings. The minimum atomic E-state index is -0.208. The molecule has 1 saturated heterocycles. The number of amides is 1. The van der Waals surface area contributed by atoms with Gasteiger partial charge in [0, 0.05) is 18.8 Å². The first kappa shape index (κ1) is 19.9. The number of nitrogens with one attached hydrogen (secondary N) is 1. The van der Waals surface area contributed by atoms with Crippen LogP contribution >= 0.6 is 11.3 Å². The molecule has 27 heavy (non-hydrogen) atoms. The number of hydrogen-bond acceptors (Lipinski definition) is 6. The number of hydrogen-bond donors (Lipinski definition) is 1. The Morgan fingerprint density at radius 2 is 2.11 bits per heavy atom. The second-order valence-corrected chi connectivity index (χ2v) is 8.11. The minimum Gasteiger partial charge on any atom is -0.377 e. The number of carbonyl (C=O) groups is 1. The first-order valence-corrected chi connectivity index (χ1v) is 10.5. The normalized spacial score (nSPS) is 17.2. The summed E-state index contributed by atoms with van der Waals surface area (Å²) in [5.41, 5.74) is 1.92. The molecule has 2 heterocycles. The van der Waals surface area contributed by atoms with Crippen LogP contribution in [-0.4, -0.2) is 46.8 Å². The van der Waals surface area contributed by atoms with E-state index in [1.54, 1.807) is 0 Å². The number of carbonyl (C=O) groups excluding carboxylic acids is 1. The van der Waals surface area contributed by atoms with Crippen LogP contribution in [0.5, 0.6) is 0 Å². The topological polar surface area (TPSA) is 67.4 Å². The summed E-state index contributed by atoms with van der Waals surface area (Å²) < 4.78 is 5.87. The van der Waals surface area contributed by atoms with Gasteiger partial charge in [0.15, 0.2) is 0 Å². The van der Waals surface area contributed by atoms with Gasteiger partial charge < -0.3 is 10.1 Å². The van der Waals surface area contributed by atoms with Crippen molar-refractivity contribution in [1.29, 1.82) is 0 Å². The molecule has 3 rings (SSSR count). The molecule has 1 aliphatic rings. The van der Waals surface area contributed by atoms with Crippen molar-refractivity contribution in [2.24, 2.45) is 0 Å². The summed E-state index contributed by atoms with van der Waals surface area (Å²) in [5, 5.41) is 12.5. The molecule has 1 amide bonds. The summed E-state index contributed by atoms with van der Waals surface area (Å²) in [7, 11) is 0. The van der Waals surface area contributed by atoms with Gasteiger partial charge in [0.25, 0.3) is 5.91 Å². The third-order valence-corrected chi connectivity index (χ3v) is 5.51. The van der Waals surface area contributed by atoms with Crippen LogP contribution in [0.15, 0.2) is 24.3 Å². The van der Waals surface area contributed by atoms with Crippen molar-refractivity contribution in [3.05, 3.63) is 39.8 Å². The molecule has 1 aliphatic heterocycles. The van der Waals surface area contributed by atoms with Gasteiger partial charge in [-0.3, -0.25) is 9.69 Å². The minimum absolute atomic E-state index is 0.208. The van der Waals surface area contributed by atoms with Gasteiger partial charge in [0.2, 0.25) is 5.01 Å². The summed E-state index contributed by atoms with van der Waals surface area (Å²) in [6.07, 6.45) is 4.92. The van der Waals surface area contributed by atoms with Crippen molar-refractivity contribution >= 4 is 22.9 Å². The van der Waals surface area contributed by atoms with E-state index in [0.29, 0.717) is 17.7 Å². The van der Waals surface area contributed by atoms with Crippen LogP contribution in [0, 0.1) is 6.92 Å². The summed E-state index contributed by atoms with van der Waals surface area (Å²) in [4.78, 5) is 14.8. The van der Waals surface area contributed by atoms with Gasteiger partial charge in [-0.15, -0.1) is 10.2 Å². The summed E-state index contributed by atoms with van der Waals surface area (Å²) in [5.74, 6) is -0.208. The summed E-state index contributed by atoms with van der Waals surface area (Å²) in [6, 6.07) is 7.72. The van der Waals surface area contributed by atoms with Crippen LogP contribution in [0.3, 0.4) is 0 Å². The Bertz CT molecular complexity index is 726. The molecule has 0 bridgehead atoms. The maximum Gasteiger partial charge on any atom is 0.286 e. The molecule has 1 atom stereocenters. The number of aromatic nitrogens is 2. The highest BCUT2D eigenvalue weighted by Gasteiger charge is 2.20. The highest BCUT2D eigenvalue weighted by molar-refractivity contribution is 7.13. The molecule has 0 spiro atoms. The lowest BCUT2D eigenvalue weighted by Crippen LogP contribution is -2.35. The highest BCUT2D eigenvalue weighted by atomic mass is 32.1. The molecule has 2 aromatic rings. The molecule has 7 heteroatoms. The quantitative estimate of drug-likeness (QED) is 0.743. The predicted octanol–water partition coefficient (Wildman–Crippen LogP) is 3.88. The number of rotatable bonds is 8. The zero-order valence-electron chi connectivity index (χ0n) is 16.1. The molecule has 0 radical (unpaired) electrons. The second kappa shape index (κ2) is 9.92. The molecular weight excluding hydrogens is 360 g/mol. The maximum absolute atomic E-state index is 12.4. The van der Waals surface area contributed by atoms with Crippen molar-refractivity contribution < 1.29 is 9.53 Å². The van der Waals surface area contributed by atoms with E-state index in [4.69, 9.17) is 4.74 Å². The number of benzene rings is 1. The van der Waals surface area contributed by atoms with Gasteiger partial charge in [0.05, 0.1) is 12.6 Å². The van der Waals surface area contributed by atoms with Crippen LogP contribution in [0.4, 0.5) is 5.69 Å². The summed E-state index contributed by atoms with van der Waals surface area (Å²) in [6.45, 7) is 7.68. The molecular formula is C20H28N4O2S. The predicted molar refractivity (Wildman–Crippen MR) is 108 cm³/mol. The lowest BCUT2D eigenvalue weighted by molar-refractivity contribution is -0.00717. The first-order chi connectivity index (χ1) is 13.1. The molecule has 6 nitrogen and oxygen atoms in total. The molecule has 1 aromatic carbocycles. The Kier molecular flexibility index (Phi) is 7.32. The average molecular weight is 389 g/mol. The summed E-state index contributed by atoms with van der Waals surface area (Å²) >= 11 is 1.36. The number of ether oxygens (including phenoxy) is 1. The van der Waals surface area contributed by atoms with Gasteiger partial charge in [-0.05, 0) is 51.3 Å². The fourth-order valence-electron chi connectivity index (χ4n) is 3.21. The van der Waals surface area contributed by atoms with Crippen molar-refractivity contribution in [2.45, 2.75) is 52.2 Å². The van der Waals surface area contributed by atoms with E-state index in [-0.39, 0.29) is 5.91 Å². The van der Waals surface area contributed by atoms with E-state index >= 15 is 0 Å². The SMILES string of the molecule is CCCN(Cc1nnc(C(=O)Nc2ccc(C)cc2)s1)C[C@H]1CCCCO1. The zero-order chi connectivity index (χ0) is 19.1.